The van der Waals surface area contributed by atoms with Crippen LogP contribution in [-0.2, 0) is 4.74 Å². The average molecular weight is 195 g/mol. The minimum Gasteiger partial charge on any atom is -0.389 e. The van der Waals surface area contributed by atoms with Crippen LogP contribution in [0, 0.1) is 0 Å². The molecule has 0 aliphatic carbocycles. The molecule has 14 heavy (non-hydrogen) atoms. The van der Waals surface area contributed by atoms with Crippen molar-refractivity contribution in [2.75, 3.05) is 20.8 Å². The Labute approximate surface area is 84.7 Å². The molecule has 0 aliphatic rings. The molecule has 3 nitrogen and oxygen atoms in total. The molecule has 0 aromatic heterocycles. The molecule has 0 bridgehead atoms. The minimum atomic E-state index is -0.521. The Hall–Kier alpha value is -0.900. The van der Waals surface area contributed by atoms with Gasteiger partial charge in [0.2, 0.25) is 0 Å². The molecular weight excluding hydrogens is 178 g/mol. The normalized spacial score (nSPS) is 15.1. The molecule has 2 atom stereocenters. The third-order valence-corrected chi connectivity index (χ3v) is 2.19. The second-order valence-corrected chi connectivity index (χ2v) is 3.20. The summed E-state index contributed by atoms with van der Waals surface area (Å²) in [6.07, 6.45) is -0.521. The fourth-order valence-corrected chi connectivity index (χ4v) is 1.51. The van der Waals surface area contributed by atoms with Crippen molar-refractivity contribution in [1.29, 1.82) is 0 Å². The van der Waals surface area contributed by atoms with Crippen molar-refractivity contribution >= 4 is 0 Å². The first-order chi connectivity index (χ1) is 6.79. The molecule has 1 aromatic rings. The van der Waals surface area contributed by atoms with Crippen LogP contribution in [0.3, 0.4) is 0 Å². The van der Waals surface area contributed by atoms with Crippen LogP contribution in [0.25, 0.3) is 0 Å². The van der Waals surface area contributed by atoms with Gasteiger partial charge < -0.3 is 15.2 Å². The maximum atomic E-state index is 9.77. The first kappa shape index (κ1) is 11.2. The number of likely N-dealkylation sites (N-methyl/N-ethyl adjacent to an activating group) is 1. The van der Waals surface area contributed by atoms with Gasteiger partial charge in [-0.25, -0.2) is 0 Å². The number of methoxy groups -OCH3 is 1. The van der Waals surface area contributed by atoms with E-state index >= 15 is 0 Å². The molecule has 0 fully saturated rings. The Morgan fingerprint density at radius 2 is 2.00 bits per heavy atom. The van der Waals surface area contributed by atoms with Crippen LogP contribution >= 0.6 is 0 Å². The van der Waals surface area contributed by atoms with E-state index in [-0.39, 0.29) is 6.04 Å². The third-order valence-electron chi connectivity index (χ3n) is 2.19. The van der Waals surface area contributed by atoms with E-state index in [0.29, 0.717) is 6.61 Å². The van der Waals surface area contributed by atoms with Gasteiger partial charge >= 0.3 is 0 Å². The number of ether oxygens (including phenoxy) is 1. The smallest absolute Gasteiger partial charge is 0.0967 e. The molecule has 0 spiro atoms. The molecule has 1 aromatic carbocycles. The van der Waals surface area contributed by atoms with Gasteiger partial charge in [-0.05, 0) is 12.6 Å². The van der Waals surface area contributed by atoms with E-state index in [0.717, 1.165) is 5.56 Å². The number of hydrogen-bond donors (Lipinski definition) is 2. The van der Waals surface area contributed by atoms with E-state index in [1.807, 2.05) is 37.4 Å². The van der Waals surface area contributed by atoms with Gasteiger partial charge in [0.15, 0.2) is 0 Å². The lowest BCUT2D eigenvalue weighted by Crippen LogP contribution is -2.32. The quantitative estimate of drug-likeness (QED) is 0.735. The van der Waals surface area contributed by atoms with Crippen molar-refractivity contribution in [3.63, 3.8) is 0 Å². The van der Waals surface area contributed by atoms with Gasteiger partial charge in [-0.1, -0.05) is 30.3 Å². The van der Waals surface area contributed by atoms with Crippen LogP contribution in [0.2, 0.25) is 0 Å². The fraction of sp³-hybridized carbons (Fsp3) is 0.455. The highest BCUT2D eigenvalue weighted by molar-refractivity contribution is 5.19. The summed E-state index contributed by atoms with van der Waals surface area (Å²) in [6.45, 7) is 0.334. The zero-order valence-electron chi connectivity index (χ0n) is 8.60. The van der Waals surface area contributed by atoms with Gasteiger partial charge in [0.05, 0.1) is 18.8 Å². The van der Waals surface area contributed by atoms with Gasteiger partial charge in [0.1, 0.15) is 0 Å². The summed E-state index contributed by atoms with van der Waals surface area (Å²) in [5.41, 5.74) is 1.07. The molecule has 0 aliphatic heterocycles. The Bertz CT molecular complexity index is 251. The van der Waals surface area contributed by atoms with Gasteiger partial charge in [-0.2, -0.15) is 0 Å². The summed E-state index contributed by atoms with van der Waals surface area (Å²) in [6, 6.07) is 9.77. The molecule has 1 rings (SSSR count). The van der Waals surface area contributed by atoms with Crippen LogP contribution in [-0.4, -0.2) is 32.0 Å². The molecule has 3 heteroatoms. The predicted octanol–water partition coefficient (Wildman–Crippen LogP) is 0.954. The molecule has 78 valence electrons. The second kappa shape index (κ2) is 5.75. The molecule has 0 saturated heterocycles. The number of rotatable bonds is 5. The standard InChI is InChI=1S/C11H17NO2/c1-12-11(10(13)8-14-2)9-6-4-3-5-7-9/h3-7,10-13H,8H2,1-2H3/t10-,11+/m0/s1. The largest absolute Gasteiger partial charge is 0.389 e. The van der Waals surface area contributed by atoms with Crippen LogP contribution in [0.1, 0.15) is 11.6 Å². The molecule has 0 saturated carbocycles. The highest BCUT2D eigenvalue weighted by Gasteiger charge is 2.18. The molecule has 0 heterocycles. The fourth-order valence-electron chi connectivity index (χ4n) is 1.51. The molecule has 0 radical (unpaired) electrons. The first-order valence-electron chi connectivity index (χ1n) is 4.68. The molecular formula is C11H17NO2. The average Bonchev–Trinajstić information content (AvgIpc) is 2.21. The zero-order chi connectivity index (χ0) is 10.4. The highest BCUT2D eigenvalue weighted by Crippen LogP contribution is 2.16. The SMILES string of the molecule is CN[C@H](c1ccccc1)[C@@H](O)COC. The van der Waals surface area contributed by atoms with E-state index in [1.165, 1.54) is 0 Å². The van der Waals surface area contributed by atoms with Gasteiger partial charge in [0.25, 0.3) is 0 Å². The summed E-state index contributed by atoms with van der Waals surface area (Å²) >= 11 is 0. The van der Waals surface area contributed by atoms with Crippen molar-refractivity contribution in [3.05, 3.63) is 35.9 Å². The lowest BCUT2D eigenvalue weighted by molar-refractivity contribution is 0.0403. The van der Waals surface area contributed by atoms with Crippen LogP contribution < -0.4 is 5.32 Å². The number of aliphatic hydroxyl groups excluding tert-OH is 1. The van der Waals surface area contributed by atoms with Gasteiger partial charge in [0, 0.05) is 7.11 Å². The molecule has 2 N–H and O–H groups in total. The number of nitrogens with one attached hydrogen (secondary N) is 1. The Kier molecular flexibility index (Phi) is 4.59. The first-order valence-corrected chi connectivity index (χ1v) is 4.68. The van der Waals surface area contributed by atoms with Crippen LogP contribution in [0.15, 0.2) is 30.3 Å². The van der Waals surface area contributed by atoms with Crippen molar-refractivity contribution in [1.82, 2.24) is 5.32 Å². The summed E-state index contributed by atoms with van der Waals surface area (Å²) in [5.74, 6) is 0. The van der Waals surface area contributed by atoms with Gasteiger partial charge in [-0.3, -0.25) is 0 Å². The monoisotopic (exact) mass is 195 g/mol. The van der Waals surface area contributed by atoms with E-state index in [9.17, 15) is 5.11 Å². The Morgan fingerprint density at radius 1 is 1.36 bits per heavy atom. The maximum Gasteiger partial charge on any atom is 0.0967 e. The number of hydrogen-bond acceptors (Lipinski definition) is 3. The Morgan fingerprint density at radius 3 is 2.50 bits per heavy atom. The van der Waals surface area contributed by atoms with Crippen LogP contribution in [0.5, 0.6) is 0 Å². The third kappa shape index (κ3) is 2.80. The maximum absolute atomic E-state index is 9.77. The van der Waals surface area contributed by atoms with E-state index < -0.39 is 6.10 Å². The predicted molar refractivity (Wildman–Crippen MR) is 56.1 cm³/mol. The van der Waals surface area contributed by atoms with E-state index in [1.54, 1.807) is 7.11 Å². The second-order valence-electron chi connectivity index (χ2n) is 3.20. The van der Waals surface area contributed by atoms with Crippen molar-refractivity contribution in [2.45, 2.75) is 12.1 Å². The van der Waals surface area contributed by atoms with E-state index in [2.05, 4.69) is 5.32 Å². The minimum absolute atomic E-state index is 0.0730. The van der Waals surface area contributed by atoms with Gasteiger partial charge in [-0.15, -0.1) is 0 Å². The van der Waals surface area contributed by atoms with Crippen molar-refractivity contribution in [3.8, 4) is 0 Å². The van der Waals surface area contributed by atoms with Crippen molar-refractivity contribution in [2.24, 2.45) is 0 Å². The lowest BCUT2D eigenvalue weighted by atomic mass is 10.0. The van der Waals surface area contributed by atoms with Crippen molar-refractivity contribution < 1.29 is 9.84 Å². The molecule has 0 unspecified atom stereocenters. The summed E-state index contributed by atoms with van der Waals surface area (Å²) in [7, 11) is 3.41. The Balaban J connectivity index is 2.71. The summed E-state index contributed by atoms with van der Waals surface area (Å²) < 4.78 is 4.92. The lowest BCUT2D eigenvalue weighted by Gasteiger charge is -2.22. The van der Waals surface area contributed by atoms with Crippen LogP contribution in [0.4, 0.5) is 0 Å². The number of aliphatic hydroxyl groups is 1. The molecule has 0 amide bonds. The highest BCUT2D eigenvalue weighted by atomic mass is 16.5. The van der Waals surface area contributed by atoms with E-state index in [4.69, 9.17) is 4.74 Å². The number of benzene rings is 1. The summed E-state index contributed by atoms with van der Waals surface area (Å²) in [5, 5.41) is 12.8. The summed E-state index contributed by atoms with van der Waals surface area (Å²) in [4.78, 5) is 0. The topological polar surface area (TPSA) is 41.5 Å². The zero-order valence-corrected chi connectivity index (χ0v) is 8.60.